The topological polar surface area (TPSA) is 93.0 Å². The van der Waals surface area contributed by atoms with E-state index < -0.39 is 10.0 Å². The van der Waals surface area contributed by atoms with Crippen molar-refractivity contribution < 1.29 is 8.42 Å². The van der Waals surface area contributed by atoms with E-state index in [4.69, 9.17) is 0 Å². The number of benzene rings is 2. The van der Waals surface area contributed by atoms with Gasteiger partial charge in [0.1, 0.15) is 6.33 Å². The van der Waals surface area contributed by atoms with Crippen molar-refractivity contribution in [3.05, 3.63) is 66.0 Å². The van der Waals surface area contributed by atoms with Gasteiger partial charge in [-0.1, -0.05) is 30.3 Å². The van der Waals surface area contributed by atoms with Crippen molar-refractivity contribution >= 4 is 10.0 Å². The molecule has 136 valence electrons. The van der Waals surface area contributed by atoms with E-state index in [0.717, 1.165) is 17.7 Å². The van der Waals surface area contributed by atoms with Gasteiger partial charge in [-0.2, -0.15) is 0 Å². The molecule has 1 heterocycles. The number of aromatic nitrogens is 4. The van der Waals surface area contributed by atoms with Crippen LogP contribution in [-0.4, -0.2) is 47.6 Å². The molecule has 0 radical (unpaired) electrons. The standard InChI is InChI=1S/C17H20N6O2S/c1-22(2)12-15-7-4-3-6-14(15)11-19-26(24,25)17-9-5-8-16(10-17)23-13-18-20-21-23/h3-10,13,19H,11-12H2,1-2H3. The Balaban J connectivity index is 1.79. The maximum atomic E-state index is 12.7. The van der Waals surface area contributed by atoms with Crippen molar-refractivity contribution in [3.8, 4) is 5.69 Å². The van der Waals surface area contributed by atoms with Crippen LogP contribution in [0.3, 0.4) is 0 Å². The molecule has 0 aliphatic heterocycles. The average Bonchev–Trinajstić information content (AvgIpc) is 3.15. The maximum Gasteiger partial charge on any atom is 0.240 e. The summed E-state index contributed by atoms with van der Waals surface area (Å²) in [6.07, 6.45) is 1.41. The van der Waals surface area contributed by atoms with Gasteiger partial charge in [0.2, 0.25) is 10.0 Å². The second-order valence-corrected chi connectivity index (χ2v) is 7.85. The number of hydrogen-bond donors (Lipinski definition) is 1. The molecule has 26 heavy (non-hydrogen) atoms. The second-order valence-electron chi connectivity index (χ2n) is 6.08. The average molecular weight is 372 g/mol. The quantitative estimate of drug-likeness (QED) is 0.670. The van der Waals surface area contributed by atoms with E-state index in [0.29, 0.717) is 5.69 Å². The predicted octanol–water partition coefficient (Wildman–Crippen LogP) is 1.20. The SMILES string of the molecule is CN(C)Cc1ccccc1CNS(=O)(=O)c1cccc(-n2cnnn2)c1. The first-order valence-corrected chi connectivity index (χ1v) is 9.48. The molecule has 3 aromatic rings. The second kappa shape index (κ2) is 7.73. The van der Waals surface area contributed by atoms with Crippen LogP contribution < -0.4 is 4.72 Å². The summed E-state index contributed by atoms with van der Waals surface area (Å²) in [5, 5.41) is 10.9. The summed E-state index contributed by atoms with van der Waals surface area (Å²) in [7, 11) is 0.292. The van der Waals surface area contributed by atoms with Gasteiger partial charge in [0.15, 0.2) is 0 Å². The Kier molecular flexibility index (Phi) is 5.40. The molecule has 0 spiro atoms. The van der Waals surface area contributed by atoms with Crippen molar-refractivity contribution in [2.75, 3.05) is 14.1 Å². The Morgan fingerprint density at radius 2 is 1.85 bits per heavy atom. The number of sulfonamides is 1. The summed E-state index contributed by atoms with van der Waals surface area (Å²) in [4.78, 5) is 2.21. The molecule has 0 aliphatic rings. The van der Waals surface area contributed by atoms with Crippen LogP contribution in [0.5, 0.6) is 0 Å². The van der Waals surface area contributed by atoms with Crippen molar-refractivity contribution in [1.29, 1.82) is 0 Å². The summed E-state index contributed by atoms with van der Waals surface area (Å²) < 4.78 is 29.4. The summed E-state index contributed by atoms with van der Waals surface area (Å²) in [5.74, 6) is 0. The molecule has 0 aliphatic carbocycles. The highest BCUT2D eigenvalue weighted by atomic mass is 32.2. The Morgan fingerprint density at radius 1 is 1.08 bits per heavy atom. The van der Waals surface area contributed by atoms with Crippen LogP contribution in [0.1, 0.15) is 11.1 Å². The van der Waals surface area contributed by atoms with Crippen LogP contribution in [0.15, 0.2) is 59.8 Å². The first-order valence-electron chi connectivity index (χ1n) is 8.00. The molecule has 1 N–H and O–H groups in total. The van der Waals surface area contributed by atoms with E-state index in [-0.39, 0.29) is 11.4 Å². The molecule has 0 saturated carbocycles. The van der Waals surface area contributed by atoms with E-state index in [2.05, 4.69) is 20.2 Å². The van der Waals surface area contributed by atoms with Gasteiger partial charge >= 0.3 is 0 Å². The fourth-order valence-corrected chi connectivity index (χ4v) is 3.60. The summed E-state index contributed by atoms with van der Waals surface area (Å²) >= 11 is 0. The van der Waals surface area contributed by atoms with Crippen LogP contribution in [0, 0.1) is 0 Å². The largest absolute Gasteiger partial charge is 0.305 e. The lowest BCUT2D eigenvalue weighted by Crippen LogP contribution is -2.24. The molecule has 0 amide bonds. The molecule has 2 aromatic carbocycles. The van der Waals surface area contributed by atoms with Gasteiger partial charge in [-0.05, 0) is 53.8 Å². The maximum absolute atomic E-state index is 12.7. The zero-order valence-electron chi connectivity index (χ0n) is 14.6. The molecular weight excluding hydrogens is 352 g/mol. The summed E-state index contributed by atoms with van der Waals surface area (Å²) in [5.41, 5.74) is 2.61. The molecule has 0 saturated heterocycles. The fraction of sp³-hybridized carbons (Fsp3) is 0.235. The number of hydrogen-bond acceptors (Lipinski definition) is 6. The molecule has 3 rings (SSSR count). The zero-order valence-corrected chi connectivity index (χ0v) is 15.4. The Morgan fingerprint density at radius 3 is 2.54 bits per heavy atom. The predicted molar refractivity (Wildman–Crippen MR) is 97.0 cm³/mol. The Hall–Kier alpha value is -2.62. The highest BCUT2D eigenvalue weighted by Crippen LogP contribution is 2.16. The van der Waals surface area contributed by atoms with Crippen molar-refractivity contribution in [2.45, 2.75) is 18.0 Å². The fourth-order valence-electron chi connectivity index (χ4n) is 2.55. The van der Waals surface area contributed by atoms with Crippen molar-refractivity contribution in [3.63, 3.8) is 0 Å². The molecule has 0 unspecified atom stereocenters. The van der Waals surface area contributed by atoms with Gasteiger partial charge in [0, 0.05) is 13.1 Å². The molecular formula is C17H20N6O2S. The van der Waals surface area contributed by atoms with E-state index in [1.165, 1.54) is 17.1 Å². The van der Waals surface area contributed by atoms with E-state index in [1.54, 1.807) is 18.2 Å². The molecule has 8 nitrogen and oxygen atoms in total. The lowest BCUT2D eigenvalue weighted by Gasteiger charge is -2.15. The number of rotatable bonds is 7. The third-order valence-electron chi connectivity index (χ3n) is 3.80. The van der Waals surface area contributed by atoms with E-state index >= 15 is 0 Å². The van der Waals surface area contributed by atoms with Crippen LogP contribution in [0.4, 0.5) is 0 Å². The van der Waals surface area contributed by atoms with Crippen molar-refractivity contribution in [1.82, 2.24) is 29.8 Å². The lowest BCUT2D eigenvalue weighted by atomic mass is 10.1. The van der Waals surface area contributed by atoms with Crippen molar-refractivity contribution in [2.24, 2.45) is 0 Å². The highest BCUT2D eigenvalue weighted by molar-refractivity contribution is 7.89. The van der Waals surface area contributed by atoms with E-state index in [9.17, 15) is 8.42 Å². The first kappa shape index (κ1) is 18.2. The van der Waals surface area contributed by atoms with Gasteiger partial charge in [0.25, 0.3) is 0 Å². The molecule has 0 atom stereocenters. The van der Waals surface area contributed by atoms with Crippen LogP contribution in [-0.2, 0) is 23.1 Å². The number of nitrogens with one attached hydrogen (secondary N) is 1. The van der Waals surface area contributed by atoms with Gasteiger partial charge in [0.05, 0.1) is 10.6 Å². The smallest absolute Gasteiger partial charge is 0.240 e. The summed E-state index contributed by atoms with van der Waals surface area (Å²) in [6.45, 7) is 0.966. The monoisotopic (exact) mass is 372 g/mol. The Labute approximate surface area is 152 Å². The van der Waals surface area contributed by atoms with Gasteiger partial charge in [-0.3, -0.25) is 0 Å². The van der Waals surface area contributed by atoms with Gasteiger partial charge < -0.3 is 4.90 Å². The third kappa shape index (κ3) is 4.31. The van der Waals surface area contributed by atoms with Crippen LogP contribution in [0.25, 0.3) is 5.69 Å². The minimum Gasteiger partial charge on any atom is -0.305 e. The normalized spacial score (nSPS) is 11.8. The molecule has 9 heteroatoms. The number of tetrazole rings is 1. The van der Waals surface area contributed by atoms with Gasteiger partial charge in [-0.15, -0.1) is 5.10 Å². The molecule has 0 fully saturated rings. The third-order valence-corrected chi connectivity index (χ3v) is 5.20. The number of nitrogens with zero attached hydrogens (tertiary/aromatic N) is 5. The van der Waals surface area contributed by atoms with Gasteiger partial charge in [-0.25, -0.2) is 17.8 Å². The first-order chi connectivity index (χ1) is 12.5. The van der Waals surface area contributed by atoms with Crippen LogP contribution in [0.2, 0.25) is 0 Å². The molecule has 1 aromatic heterocycles. The lowest BCUT2D eigenvalue weighted by molar-refractivity contribution is 0.400. The minimum atomic E-state index is -3.66. The minimum absolute atomic E-state index is 0.163. The summed E-state index contributed by atoms with van der Waals surface area (Å²) in [6, 6.07) is 14.3. The van der Waals surface area contributed by atoms with E-state index in [1.807, 2.05) is 43.3 Å². The zero-order chi connectivity index (χ0) is 18.6. The highest BCUT2D eigenvalue weighted by Gasteiger charge is 2.16. The molecule has 0 bridgehead atoms. The van der Waals surface area contributed by atoms with Crippen LogP contribution >= 0.6 is 0 Å². The Bertz CT molecular complexity index is 970.